The Labute approximate surface area is 170 Å². The number of hydrogen-bond acceptors (Lipinski definition) is 9. The average Bonchev–Trinajstić information content (AvgIpc) is 2.75. The van der Waals surface area contributed by atoms with Gasteiger partial charge in [0.25, 0.3) is 0 Å². The first-order valence-corrected chi connectivity index (χ1v) is 11.7. The van der Waals surface area contributed by atoms with E-state index in [1.54, 1.807) is 6.33 Å². The van der Waals surface area contributed by atoms with Crippen molar-refractivity contribution in [3.63, 3.8) is 0 Å². The molecule has 4 rings (SSSR count). The van der Waals surface area contributed by atoms with Gasteiger partial charge in [-0.3, -0.25) is 5.01 Å². The molecule has 1 aromatic heterocycles. The highest BCUT2D eigenvalue weighted by Gasteiger charge is 2.34. The Balaban J connectivity index is 1.73. The number of nitrogens with zero attached hydrogens (tertiary/aromatic N) is 7. The topological polar surface area (TPSA) is 86.2 Å². The van der Waals surface area contributed by atoms with Crippen molar-refractivity contribution in [3.8, 4) is 0 Å². The predicted octanol–water partition coefficient (Wildman–Crippen LogP) is -0.269. The molecule has 0 radical (unpaired) electrons. The summed E-state index contributed by atoms with van der Waals surface area (Å²) in [6.45, 7) is 12.0. The first kappa shape index (κ1) is 19.7. The minimum atomic E-state index is -0.712. The molecule has 0 aromatic carbocycles. The van der Waals surface area contributed by atoms with E-state index in [0.717, 1.165) is 75.4 Å². The van der Waals surface area contributed by atoms with E-state index < -0.39 is 11.2 Å². The smallest absolute Gasteiger partial charge is 0.157 e. The minimum Gasteiger partial charge on any atom is -0.616 e. The summed E-state index contributed by atoms with van der Waals surface area (Å²) in [5.74, 6) is 3.30. The van der Waals surface area contributed by atoms with Crippen molar-refractivity contribution in [2.45, 2.75) is 13.8 Å². The summed E-state index contributed by atoms with van der Waals surface area (Å²) in [7, 11) is 0. The van der Waals surface area contributed by atoms with E-state index in [0.29, 0.717) is 18.2 Å². The number of aliphatic imine (C=N–C) groups is 1. The van der Waals surface area contributed by atoms with Crippen molar-refractivity contribution >= 4 is 28.5 Å². The Bertz CT molecular complexity index is 699. The lowest BCUT2D eigenvalue weighted by Gasteiger charge is -2.43. The van der Waals surface area contributed by atoms with Crippen LogP contribution >= 0.6 is 0 Å². The molecule has 3 aliphatic rings. The second kappa shape index (κ2) is 8.81. The Hall–Kier alpha value is -1.62. The second-order valence-electron chi connectivity index (χ2n) is 7.13. The zero-order valence-corrected chi connectivity index (χ0v) is 17.6. The van der Waals surface area contributed by atoms with Gasteiger partial charge in [-0.2, -0.15) is 0 Å². The molecule has 3 aliphatic heterocycles. The third-order valence-electron chi connectivity index (χ3n) is 5.60. The molecule has 0 aliphatic carbocycles. The molecule has 10 heteroatoms. The van der Waals surface area contributed by atoms with Gasteiger partial charge in [-0.05, 0) is 13.8 Å². The maximum absolute atomic E-state index is 11.8. The molecule has 1 N–H and O–H groups in total. The maximum atomic E-state index is 11.8. The van der Waals surface area contributed by atoms with Crippen molar-refractivity contribution in [1.82, 2.24) is 25.2 Å². The summed E-state index contributed by atoms with van der Waals surface area (Å²) >= 11 is -0.712. The first-order chi connectivity index (χ1) is 13.7. The van der Waals surface area contributed by atoms with Gasteiger partial charge < -0.3 is 19.7 Å². The number of hydrogen-bond donors (Lipinski definition) is 1. The molecule has 0 saturated carbocycles. The molecule has 9 nitrogen and oxygen atoms in total. The quantitative estimate of drug-likeness (QED) is 0.684. The Kier molecular flexibility index (Phi) is 6.19. The third kappa shape index (κ3) is 3.78. The summed E-state index contributed by atoms with van der Waals surface area (Å²) in [6.07, 6.45) is 1.66. The fourth-order valence-corrected chi connectivity index (χ4v) is 5.08. The number of hydrazine groups is 1. The molecular weight excluding hydrogens is 376 g/mol. The number of amidine groups is 1. The largest absolute Gasteiger partial charge is 0.616 e. The Morgan fingerprint density at radius 2 is 1.82 bits per heavy atom. The van der Waals surface area contributed by atoms with Crippen LogP contribution in [0.25, 0.3) is 0 Å². The van der Waals surface area contributed by atoms with Crippen LogP contribution in [0.2, 0.25) is 0 Å². The highest BCUT2D eigenvalue weighted by molar-refractivity contribution is 7.91. The normalized spacial score (nSPS) is 21.5. The molecule has 28 heavy (non-hydrogen) atoms. The van der Waals surface area contributed by atoms with Crippen molar-refractivity contribution in [3.05, 3.63) is 12.0 Å². The summed E-state index contributed by atoms with van der Waals surface area (Å²) in [6, 6.07) is 0. The van der Waals surface area contributed by atoms with Crippen LogP contribution in [0.3, 0.4) is 0 Å². The van der Waals surface area contributed by atoms with Gasteiger partial charge in [0.15, 0.2) is 11.7 Å². The third-order valence-corrected chi connectivity index (χ3v) is 6.88. The lowest BCUT2D eigenvalue weighted by atomic mass is 10.2. The summed E-state index contributed by atoms with van der Waals surface area (Å²) in [5, 5.41) is 8.04. The first-order valence-electron chi connectivity index (χ1n) is 10.2. The molecular formula is C18H30N8OS. The molecule has 0 atom stereocenters. The predicted molar refractivity (Wildman–Crippen MR) is 113 cm³/mol. The summed E-state index contributed by atoms with van der Waals surface area (Å²) in [5.41, 5.74) is 1.96. The SMILES string of the molecule is CCN(CC)c1ncnc2c1N(N1CCNCC1)CN=C2N1CC[S+]([O-])CC1. The van der Waals surface area contributed by atoms with Gasteiger partial charge >= 0.3 is 0 Å². The maximum Gasteiger partial charge on any atom is 0.157 e. The lowest BCUT2D eigenvalue weighted by Crippen LogP contribution is -2.55. The van der Waals surface area contributed by atoms with Gasteiger partial charge in [-0.1, -0.05) is 11.2 Å². The molecule has 0 spiro atoms. The van der Waals surface area contributed by atoms with Crippen LogP contribution in [-0.4, -0.2) is 101 Å². The van der Waals surface area contributed by atoms with E-state index in [2.05, 4.69) is 48.9 Å². The number of aromatic nitrogens is 2. The molecule has 154 valence electrons. The number of nitrogens with one attached hydrogen (secondary N) is 1. The summed E-state index contributed by atoms with van der Waals surface area (Å²) in [4.78, 5) is 18.8. The number of fused-ring (bicyclic) bond motifs is 1. The van der Waals surface area contributed by atoms with Crippen molar-refractivity contribution in [1.29, 1.82) is 0 Å². The molecule has 4 heterocycles. The number of anilines is 2. The average molecular weight is 407 g/mol. The number of rotatable bonds is 4. The van der Waals surface area contributed by atoms with E-state index in [-0.39, 0.29) is 0 Å². The fraction of sp³-hybridized carbons (Fsp3) is 0.722. The van der Waals surface area contributed by atoms with Crippen LogP contribution < -0.4 is 15.2 Å². The lowest BCUT2D eigenvalue weighted by molar-refractivity contribution is 0.219. The van der Waals surface area contributed by atoms with Crippen molar-refractivity contribution in [2.24, 2.45) is 4.99 Å². The number of piperazine rings is 1. The van der Waals surface area contributed by atoms with Gasteiger partial charge in [0.05, 0.1) is 13.1 Å². The molecule has 1 aromatic rings. The molecule has 0 bridgehead atoms. The van der Waals surface area contributed by atoms with Crippen LogP contribution in [-0.2, 0) is 11.2 Å². The van der Waals surface area contributed by atoms with Gasteiger partial charge in [-0.25, -0.2) is 20.0 Å². The fourth-order valence-electron chi connectivity index (χ4n) is 4.03. The highest BCUT2D eigenvalue weighted by atomic mass is 32.2. The summed E-state index contributed by atoms with van der Waals surface area (Å²) < 4.78 is 11.8. The van der Waals surface area contributed by atoms with Crippen LogP contribution in [0.15, 0.2) is 11.3 Å². The van der Waals surface area contributed by atoms with Crippen LogP contribution in [0.5, 0.6) is 0 Å². The van der Waals surface area contributed by atoms with Gasteiger partial charge in [0, 0.05) is 39.3 Å². The zero-order chi connectivity index (χ0) is 19.5. The molecule has 0 amide bonds. The minimum absolute atomic E-state index is 0.573. The van der Waals surface area contributed by atoms with E-state index in [9.17, 15) is 4.55 Å². The van der Waals surface area contributed by atoms with Gasteiger partial charge in [-0.15, -0.1) is 0 Å². The molecule has 2 fully saturated rings. The second-order valence-corrected chi connectivity index (χ2v) is 8.82. The molecule has 2 saturated heterocycles. The van der Waals surface area contributed by atoms with Crippen LogP contribution in [0, 0.1) is 0 Å². The Morgan fingerprint density at radius 3 is 2.50 bits per heavy atom. The van der Waals surface area contributed by atoms with Gasteiger partial charge in [0.1, 0.15) is 35.9 Å². The van der Waals surface area contributed by atoms with Crippen LogP contribution in [0.4, 0.5) is 11.5 Å². The standard InChI is InChI=1S/C18H30N8OS/c1-3-23(4-2)18-16-15(20-13-21-18)17(24-9-11-28(27)12-10-24)22-14-26(16)25-7-5-19-6-8-25/h13,19H,3-12,14H2,1-2H3. The highest BCUT2D eigenvalue weighted by Crippen LogP contribution is 2.34. The zero-order valence-electron chi connectivity index (χ0n) is 16.8. The van der Waals surface area contributed by atoms with Crippen molar-refractivity contribution < 1.29 is 4.55 Å². The monoisotopic (exact) mass is 406 g/mol. The van der Waals surface area contributed by atoms with Crippen LogP contribution in [0.1, 0.15) is 19.5 Å². The van der Waals surface area contributed by atoms with Gasteiger partial charge in [0.2, 0.25) is 0 Å². The Morgan fingerprint density at radius 1 is 1.11 bits per heavy atom. The van der Waals surface area contributed by atoms with E-state index in [1.165, 1.54) is 0 Å². The molecule has 0 unspecified atom stereocenters. The van der Waals surface area contributed by atoms with E-state index >= 15 is 0 Å². The van der Waals surface area contributed by atoms with Crippen molar-refractivity contribution in [2.75, 3.05) is 80.4 Å². The van der Waals surface area contributed by atoms with E-state index in [1.807, 2.05) is 0 Å². The van der Waals surface area contributed by atoms with E-state index in [4.69, 9.17) is 4.99 Å².